The van der Waals surface area contributed by atoms with Crippen LogP contribution in [0.5, 0.6) is 11.5 Å². The van der Waals surface area contributed by atoms with Crippen LogP contribution in [-0.2, 0) is 34.9 Å². The fraction of sp³-hybridized carbons (Fsp3) is 0.321. The van der Waals surface area contributed by atoms with Crippen molar-refractivity contribution in [2.75, 3.05) is 13.7 Å². The average molecular weight is 668 g/mol. The summed E-state index contributed by atoms with van der Waals surface area (Å²) < 4.78 is 34.0. The number of nitrogens with one attached hydrogen (secondary N) is 3. The molecule has 0 unspecified atom stereocenters. The maximum atomic E-state index is 12.8. The third-order valence-corrected chi connectivity index (χ3v) is 8.72. The number of rotatable bonds is 10. The monoisotopic (exact) mass is 667 g/mol. The smallest absolute Gasteiger partial charge is 0.240 e. The van der Waals surface area contributed by atoms with Gasteiger partial charge in [0.15, 0.2) is 16.6 Å². The number of benzene rings is 3. The molecule has 10 heteroatoms. The van der Waals surface area contributed by atoms with Crippen LogP contribution in [0.25, 0.3) is 0 Å². The molecule has 0 aromatic heterocycles. The average Bonchev–Trinajstić information content (AvgIpc) is 2.87. The van der Waals surface area contributed by atoms with Gasteiger partial charge in [0.2, 0.25) is 10.0 Å². The van der Waals surface area contributed by atoms with Gasteiger partial charge in [0.25, 0.3) is 0 Å². The van der Waals surface area contributed by atoms with Crippen LogP contribution in [0.1, 0.15) is 43.0 Å². The Morgan fingerprint density at radius 1 is 0.974 bits per heavy atom. The molecule has 3 aromatic carbocycles. The number of aromatic hydroxyl groups is 1. The number of sulfonamides is 1. The van der Waals surface area contributed by atoms with Crippen molar-refractivity contribution in [3.05, 3.63) is 86.5 Å². The van der Waals surface area contributed by atoms with Gasteiger partial charge in [-0.05, 0) is 93.2 Å². The molecule has 7 nitrogen and oxygen atoms in total. The Kier molecular flexibility index (Phi) is 10.4. The zero-order valence-corrected chi connectivity index (χ0v) is 25.8. The number of hydrogen-bond acceptors (Lipinski definition) is 5. The second-order valence-electron chi connectivity index (χ2n) is 9.89. The molecule has 0 saturated carbocycles. The molecule has 204 valence electrons. The highest BCUT2D eigenvalue weighted by Gasteiger charge is 2.16. The van der Waals surface area contributed by atoms with Crippen LogP contribution in [0.2, 0.25) is 0 Å². The lowest BCUT2D eigenvalue weighted by atomic mass is 9.87. The Bertz CT molecular complexity index is 1350. The number of phenolic OH excluding ortho intramolecular Hbond substituents is 1. The topological polar surface area (TPSA) is 99.7 Å². The van der Waals surface area contributed by atoms with Crippen molar-refractivity contribution in [2.45, 2.75) is 50.6 Å². The van der Waals surface area contributed by atoms with Crippen LogP contribution in [0, 0.1) is 3.57 Å². The number of halogens is 1. The molecule has 3 rings (SSSR count). The van der Waals surface area contributed by atoms with E-state index in [4.69, 9.17) is 17.0 Å². The minimum atomic E-state index is -3.70. The van der Waals surface area contributed by atoms with E-state index in [1.807, 2.05) is 22.6 Å². The number of thiocarbonyl (C=S) groups is 1. The van der Waals surface area contributed by atoms with Gasteiger partial charge in [-0.15, -0.1) is 0 Å². The maximum absolute atomic E-state index is 12.8. The Morgan fingerprint density at radius 2 is 1.61 bits per heavy atom. The standard InChI is InChI=1S/C28H34IN3O4S2/c1-28(2,3)22-9-5-20(6-10-22)17-31-27(37)30-14-13-19-7-11-23(12-8-19)38(34,35)32-18-21-15-26(36-4)25(33)16-24(21)29/h5-12,15-16,32-33H,13-14,17-18H2,1-4H3,(H2,30,31,37). The van der Waals surface area contributed by atoms with Gasteiger partial charge in [0, 0.05) is 23.2 Å². The van der Waals surface area contributed by atoms with Gasteiger partial charge >= 0.3 is 0 Å². The van der Waals surface area contributed by atoms with Crippen molar-refractivity contribution in [2.24, 2.45) is 0 Å². The maximum Gasteiger partial charge on any atom is 0.240 e. The highest BCUT2D eigenvalue weighted by Crippen LogP contribution is 2.30. The molecule has 4 N–H and O–H groups in total. The molecule has 0 aliphatic carbocycles. The second-order valence-corrected chi connectivity index (χ2v) is 13.2. The summed E-state index contributed by atoms with van der Waals surface area (Å²) in [6, 6.07) is 18.5. The van der Waals surface area contributed by atoms with Crippen LogP contribution < -0.4 is 20.1 Å². The molecule has 0 atom stereocenters. The van der Waals surface area contributed by atoms with Gasteiger partial charge in [-0.25, -0.2) is 13.1 Å². The highest BCUT2D eigenvalue weighted by atomic mass is 127. The Hall–Kier alpha value is -2.41. The van der Waals surface area contributed by atoms with Crippen LogP contribution >= 0.6 is 34.8 Å². The molecule has 0 aliphatic rings. The number of phenols is 1. The summed E-state index contributed by atoms with van der Waals surface area (Å²) in [7, 11) is -2.26. The summed E-state index contributed by atoms with van der Waals surface area (Å²) in [6.07, 6.45) is 0.696. The minimum Gasteiger partial charge on any atom is -0.504 e. The molecule has 0 amide bonds. The quantitative estimate of drug-likeness (QED) is 0.179. The molecule has 0 spiro atoms. The summed E-state index contributed by atoms with van der Waals surface area (Å²) in [6.45, 7) is 7.93. The normalized spacial score (nSPS) is 11.7. The lowest BCUT2D eigenvalue weighted by molar-refractivity contribution is 0.372. The van der Waals surface area contributed by atoms with E-state index in [0.717, 1.165) is 14.7 Å². The molecular weight excluding hydrogens is 633 g/mol. The Morgan fingerprint density at radius 3 is 2.21 bits per heavy atom. The van der Waals surface area contributed by atoms with E-state index >= 15 is 0 Å². The number of methoxy groups -OCH3 is 1. The van der Waals surface area contributed by atoms with E-state index in [2.05, 4.69) is 60.4 Å². The predicted octanol–water partition coefficient (Wildman–Crippen LogP) is 4.99. The molecule has 0 heterocycles. The van der Waals surface area contributed by atoms with E-state index in [9.17, 15) is 13.5 Å². The zero-order chi connectivity index (χ0) is 27.9. The summed E-state index contributed by atoms with van der Waals surface area (Å²) in [4.78, 5) is 0.185. The van der Waals surface area contributed by atoms with Crippen molar-refractivity contribution in [1.82, 2.24) is 15.4 Å². The van der Waals surface area contributed by atoms with Crippen LogP contribution in [0.3, 0.4) is 0 Å². The predicted molar refractivity (Wildman–Crippen MR) is 164 cm³/mol. The first-order valence-electron chi connectivity index (χ1n) is 12.1. The molecule has 0 fully saturated rings. The van der Waals surface area contributed by atoms with E-state index in [-0.39, 0.29) is 22.6 Å². The molecule has 0 radical (unpaired) electrons. The van der Waals surface area contributed by atoms with Crippen molar-refractivity contribution in [3.8, 4) is 11.5 Å². The van der Waals surface area contributed by atoms with Gasteiger partial charge in [-0.3, -0.25) is 0 Å². The zero-order valence-electron chi connectivity index (χ0n) is 22.0. The van der Waals surface area contributed by atoms with Crippen LogP contribution in [-0.4, -0.2) is 32.3 Å². The molecule has 0 bridgehead atoms. The largest absolute Gasteiger partial charge is 0.504 e. The van der Waals surface area contributed by atoms with Gasteiger partial charge in [-0.1, -0.05) is 57.2 Å². The SMILES string of the molecule is COc1cc(CNS(=O)(=O)c2ccc(CCNC(=S)NCc3ccc(C(C)(C)C)cc3)cc2)c(I)cc1O. The van der Waals surface area contributed by atoms with E-state index in [1.165, 1.54) is 18.7 Å². The molecule has 0 aliphatic heterocycles. The van der Waals surface area contributed by atoms with Gasteiger partial charge in [0.1, 0.15) is 0 Å². The third-order valence-electron chi connectivity index (χ3n) is 6.01. The summed E-state index contributed by atoms with van der Waals surface area (Å²) in [5.41, 5.74) is 4.28. The van der Waals surface area contributed by atoms with Gasteiger partial charge < -0.3 is 20.5 Å². The van der Waals surface area contributed by atoms with Crippen molar-refractivity contribution in [3.63, 3.8) is 0 Å². The van der Waals surface area contributed by atoms with Crippen molar-refractivity contribution >= 4 is 49.9 Å². The van der Waals surface area contributed by atoms with E-state index in [0.29, 0.717) is 35.9 Å². The second kappa shape index (κ2) is 13.1. The minimum absolute atomic E-state index is 0.0102. The van der Waals surface area contributed by atoms with Crippen LogP contribution in [0.4, 0.5) is 0 Å². The molecular formula is C28H34IN3O4S2. The summed E-state index contributed by atoms with van der Waals surface area (Å²) in [5.74, 6) is 0.304. The molecule has 0 saturated heterocycles. The van der Waals surface area contributed by atoms with Crippen molar-refractivity contribution in [1.29, 1.82) is 0 Å². The van der Waals surface area contributed by atoms with E-state index < -0.39 is 10.0 Å². The summed E-state index contributed by atoms with van der Waals surface area (Å²) >= 11 is 7.44. The van der Waals surface area contributed by atoms with Gasteiger partial charge in [-0.2, -0.15) is 0 Å². The van der Waals surface area contributed by atoms with Crippen molar-refractivity contribution < 1.29 is 18.3 Å². The Balaban J connectivity index is 1.46. The molecule has 3 aromatic rings. The lowest BCUT2D eigenvalue weighted by Gasteiger charge is -2.19. The molecule has 38 heavy (non-hydrogen) atoms. The fourth-order valence-electron chi connectivity index (χ4n) is 3.66. The highest BCUT2D eigenvalue weighted by molar-refractivity contribution is 14.1. The first-order chi connectivity index (χ1) is 17.9. The number of hydrogen-bond donors (Lipinski definition) is 4. The third kappa shape index (κ3) is 8.55. The first-order valence-corrected chi connectivity index (χ1v) is 15.1. The first kappa shape index (κ1) is 30.1. The van der Waals surface area contributed by atoms with Gasteiger partial charge in [0.05, 0.1) is 12.0 Å². The lowest BCUT2D eigenvalue weighted by Crippen LogP contribution is -2.35. The van der Waals surface area contributed by atoms with Crippen LogP contribution in [0.15, 0.2) is 65.6 Å². The van der Waals surface area contributed by atoms with E-state index in [1.54, 1.807) is 30.3 Å². The fourth-order valence-corrected chi connectivity index (χ4v) is 5.49. The summed E-state index contributed by atoms with van der Waals surface area (Å²) in [5, 5.41) is 16.9. The Labute approximate surface area is 244 Å². The number of ether oxygens (including phenoxy) is 1.